The van der Waals surface area contributed by atoms with Gasteiger partial charge in [-0.15, -0.1) is 5.10 Å². The number of hydrogen-bond acceptors (Lipinski definition) is 5. The number of ether oxygens (including phenoxy) is 1. The summed E-state index contributed by atoms with van der Waals surface area (Å²) >= 11 is 1.55. The van der Waals surface area contributed by atoms with Crippen molar-refractivity contribution in [3.8, 4) is 0 Å². The molecule has 1 saturated heterocycles. The summed E-state index contributed by atoms with van der Waals surface area (Å²) in [5, 5.41) is 8.02. The highest BCUT2D eigenvalue weighted by Gasteiger charge is 2.50. The molecule has 2 unspecified atom stereocenters. The number of hydrogen-bond donors (Lipinski definition) is 1. The van der Waals surface area contributed by atoms with Crippen LogP contribution in [0.25, 0.3) is 0 Å². The first kappa shape index (κ1) is 16.8. The minimum Gasteiger partial charge on any atom is -0.369 e. The molecule has 21 heavy (non-hydrogen) atoms. The maximum Gasteiger partial charge on any atom is 0.0803 e. The fourth-order valence-electron chi connectivity index (χ4n) is 3.62. The minimum absolute atomic E-state index is 0.0646. The average Bonchev–Trinajstić information content (AvgIpc) is 2.88. The molecule has 1 aromatic rings. The summed E-state index contributed by atoms with van der Waals surface area (Å²) in [6, 6.07) is 0.285. The number of aromatic nitrogens is 2. The van der Waals surface area contributed by atoms with Gasteiger partial charge in [-0.05, 0) is 58.6 Å². The Kier molecular flexibility index (Phi) is 5.06. The molecule has 1 aliphatic heterocycles. The highest BCUT2D eigenvalue weighted by atomic mass is 32.1. The molecule has 1 N–H and O–H groups in total. The molecule has 2 heterocycles. The Morgan fingerprint density at radius 1 is 1.33 bits per heavy atom. The molecule has 0 amide bonds. The number of aryl methyl sites for hydroxylation is 1. The van der Waals surface area contributed by atoms with Crippen LogP contribution in [-0.4, -0.2) is 27.3 Å². The van der Waals surface area contributed by atoms with E-state index in [4.69, 9.17) is 4.74 Å². The summed E-state index contributed by atoms with van der Waals surface area (Å²) in [5.74, 6) is 0.435. The molecule has 1 aromatic heterocycles. The SMILES string of the molecule is CCCc1nnsc1C(NCC)C1CC(C)(C)OC1(C)C. The van der Waals surface area contributed by atoms with Crippen LogP contribution in [0.15, 0.2) is 0 Å². The average molecular weight is 311 g/mol. The predicted octanol–water partition coefficient (Wildman–Crippen LogP) is 3.73. The smallest absolute Gasteiger partial charge is 0.0803 e. The molecule has 120 valence electrons. The van der Waals surface area contributed by atoms with Crippen LogP contribution < -0.4 is 5.32 Å². The third-order valence-electron chi connectivity index (χ3n) is 4.32. The lowest BCUT2D eigenvalue weighted by Crippen LogP contribution is -2.38. The molecule has 2 atom stereocenters. The van der Waals surface area contributed by atoms with Crippen molar-refractivity contribution in [3.05, 3.63) is 10.6 Å². The van der Waals surface area contributed by atoms with Crippen molar-refractivity contribution in [3.63, 3.8) is 0 Å². The first-order valence-corrected chi connectivity index (χ1v) is 8.82. The van der Waals surface area contributed by atoms with Crippen molar-refractivity contribution in [1.29, 1.82) is 0 Å². The zero-order valence-corrected chi connectivity index (χ0v) is 15.0. The highest BCUT2D eigenvalue weighted by Crippen LogP contribution is 2.48. The van der Waals surface area contributed by atoms with Crippen molar-refractivity contribution in [2.45, 2.75) is 78.0 Å². The van der Waals surface area contributed by atoms with Crippen LogP contribution in [-0.2, 0) is 11.2 Å². The van der Waals surface area contributed by atoms with Crippen molar-refractivity contribution in [2.75, 3.05) is 6.54 Å². The summed E-state index contributed by atoms with van der Waals surface area (Å²) in [6.07, 6.45) is 3.17. The van der Waals surface area contributed by atoms with E-state index in [1.165, 1.54) is 4.88 Å². The zero-order chi connectivity index (χ0) is 15.7. The van der Waals surface area contributed by atoms with Crippen LogP contribution in [0.3, 0.4) is 0 Å². The standard InChI is InChI=1S/C16H29N3OS/c1-7-9-12-14(21-19-18-12)13(17-8-2)11-10-15(3,4)20-16(11,5)6/h11,13,17H,7-10H2,1-6H3. The third kappa shape index (κ3) is 3.63. The van der Waals surface area contributed by atoms with Crippen LogP contribution >= 0.6 is 11.5 Å². The van der Waals surface area contributed by atoms with E-state index < -0.39 is 0 Å². The largest absolute Gasteiger partial charge is 0.369 e. The van der Waals surface area contributed by atoms with E-state index in [0.717, 1.165) is 31.5 Å². The van der Waals surface area contributed by atoms with E-state index in [-0.39, 0.29) is 17.2 Å². The lowest BCUT2D eigenvalue weighted by molar-refractivity contribution is -0.0777. The zero-order valence-electron chi connectivity index (χ0n) is 14.2. The molecule has 0 spiro atoms. The molecule has 4 nitrogen and oxygen atoms in total. The lowest BCUT2D eigenvalue weighted by atomic mass is 9.80. The van der Waals surface area contributed by atoms with Crippen molar-refractivity contribution in [2.24, 2.45) is 5.92 Å². The molecule has 2 rings (SSSR count). The molecular formula is C16H29N3OS. The van der Waals surface area contributed by atoms with Crippen LogP contribution in [0, 0.1) is 5.92 Å². The van der Waals surface area contributed by atoms with Gasteiger partial charge in [0.05, 0.1) is 27.8 Å². The second-order valence-corrected chi connectivity index (χ2v) is 7.93. The van der Waals surface area contributed by atoms with Gasteiger partial charge in [0.1, 0.15) is 0 Å². The minimum atomic E-state index is -0.135. The van der Waals surface area contributed by atoms with E-state index in [1.54, 1.807) is 11.5 Å². The Labute approximate surface area is 132 Å². The van der Waals surface area contributed by atoms with Gasteiger partial charge >= 0.3 is 0 Å². The van der Waals surface area contributed by atoms with E-state index in [1.807, 2.05) is 0 Å². The van der Waals surface area contributed by atoms with Gasteiger partial charge in [0.2, 0.25) is 0 Å². The molecular weight excluding hydrogens is 282 g/mol. The predicted molar refractivity (Wildman–Crippen MR) is 87.7 cm³/mol. The van der Waals surface area contributed by atoms with Gasteiger partial charge in [-0.2, -0.15) is 0 Å². The fraction of sp³-hybridized carbons (Fsp3) is 0.875. The van der Waals surface area contributed by atoms with Gasteiger partial charge in [-0.25, -0.2) is 0 Å². The molecule has 0 bridgehead atoms. The van der Waals surface area contributed by atoms with Gasteiger partial charge in [0.15, 0.2) is 0 Å². The molecule has 0 aliphatic carbocycles. The molecule has 0 aromatic carbocycles. The van der Waals surface area contributed by atoms with E-state index in [0.29, 0.717) is 5.92 Å². The van der Waals surface area contributed by atoms with Crippen molar-refractivity contribution < 1.29 is 4.74 Å². The third-order valence-corrected chi connectivity index (χ3v) is 5.17. The highest BCUT2D eigenvalue weighted by molar-refractivity contribution is 7.05. The molecule has 1 aliphatic rings. The first-order valence-electron chi connectivity index (χ1n) is 8.05. The molecule has 0 radical (unpaired) electrons. The monoisotopic (exact) mass is 311 g/mol. The summed E-state index contributed by atoms with van der Waals surface area (Å²) in [5.41, 5.74) is 0.961. The molecule has 0 saturated carbocycles. The van der Waals surface area contributed by atoms with Crippen LogP contribution in [0.2, 0.25) is 0 Å². The number of rotatable bonds is 6. The Bertz CT molecular complexity index is 470. The first-order chi connectivity index (χ1) is 9.80. The Morgan fingerprint density at radius 2 is 2.05 bits per heavy atom. The van der Waals surface area contributed by atoms with Gasteiger partial charge in [0, 0.05) is 5.92 Å². The van der Waals surface area contributed by atoms with Crippen LogP contribution in [0.5, 0.6) is 0 Å². The Hall–Kier alpha value is -0.520. The summed E-state index contributed by atoms with van der Waals surface area (Å²) < 4.78 is 10.5. The number of nitrogens with zero attached hydrogens (tertiary/aromatic N) is 2. The fourth-order valence-corrected chi connectivity index (χ4v) is 4.46. The van der Waals surface area contributed by atoms with Gasteiger partial charge < -0.3 is 10.1 Å². The summed E-state index contributed by atoms with van der Waals surface area (Å²) in [7, 11) is 0. The second kappa shape index (κ2) is 6.31. The lowest BCUT2D eigenvalue weighted by Gasteiger charge is -2.33. The van der Waals surface area contributed by atoms with Gasteiger partial charge in [0.25, 0.3) is 0 Å². The number of nitrogens with one attached hydrogen (secondary N) is 1. The second-order valence-electron chi connectivity index (χ2n) is 7.15. The van der Waals surface area contributed by atoms with E-state index >= 15 is 0 Å². The Morgan fingerprint density at radius 3 is 2.57 bits per heavy atom. The van der Waals surface area contributed by atoms with Crippen LogP contribution in [0.1, 0.15) is 71.0 Å². The quantitative estimate of drug-likeness (QED) is 0.869. The molecule has 1 fully saturated rings. The maximum atomic E-state index is 6.30. The van der Waals surface area contributed by atoms with Gasteiger partial charge in [-0.3, -0.25) is 0 Å². The van der Waals surface area contributed by atoms with Gasteiger partial charge in [-0.1, -0.05) is 24.8 Å². The summed E-state index contributed by atoms with van der Waals surface area (Å²) in [4.78, 5) is 1.30. The normalized spacial score (nSPS) is 25.1. The summed E-state index contributed by atoms with van der Waals surface area (Å²) in [6.45, 7) is 14.1. The van der Waals surface area contributed by atoms with Crippen molar-refractivity contribution in [1.82, 2.24) is 14.9 Å². The topological polar surface area (TPSA) is 47.0 Å². The van der Waals surface area contributed by atoms with E-state index in [2.05, 4.69) is 56.4 Å². The van der Waals surface area contributed by atoms with Crippen LogP contribution in [0.4, 0.5) is 0 Å². The Balaban J connectivity index is 2.32. The van der Waals surface area contributed by atoms with Crippen molar-refractivity contribution >= 4 is 11.5 Å². The van der Waals surface area contributed by atoms with E-state index in [9.17, 15) is 0 Å². The molecule has 5 heteroatoms. The maximum absolute atomic E-state index is 6.30.